The molecule has 0 fully saturated rings. The van der Waals surface area contributed by atoms with Crippen molar-refractivity contribution in [1.29, 1.82) is 0 Å². The van der Waals surface area contributed by atoms with Crippen molar-refractivity contribution in [3.8, 4) is 0 Å². The van der Waals surface area contributed by atoms with Crippen LogP contribution in [0.1, 0.15) is 117 Å². The van der Waals surface area contributed by atoms with Gasteiger partial charge in [0.25, 0.3) is 0 Å². The fraction of sp³-hybridized carbons (Fsp3) is 1.00. The number of nitrogens with two attached hydrogens (primary N) is 1. The Morgan fingerprint density at radius 2 is 1.00 bits per heavy atom. The molecular formula is C22H48N2. The summed E-state index contributed by atoms with van der Waals surface area (Å²) in [5.41, 5.74) is 5.52. The summed E-state index contributed by atoms with van der Waals surface area (Å²) < 4.78 is 0. The van der Waals surface area contributed by atoms with Gasteiger partial charge >= 0.3 is 0 Å². The van der Waals surface area contributed by atoms with Gasteiger partial charge in [-0.15, -0.1) is 0 Å². The van der Waals surface area contributed by atoms with E-state index in [9.17, 15) is 0 Å². The molecule has 0 bridgehead atoms. The SMILES string of the molecule is CC(CCCCCCCCCCN)CCCCCCCNC(C)C. The maximum absolute atomic E-state index is 5.52. The first-order valence-corrected chi connectivity index (χ1v) is 11.1. The van der Waals surface area contributed by atoms with Crippen molar-refractivity contribution in [2.75, 3.05) is 13.1 Å². The van der Waals surface area contributed by atoms with Crippen molar-refractivity contribution in [1.82, 2.24) is 5.32 Å². The highest BCUT2D eigenvalue weighted by atomic mass is 14.9. The third kappa shape index (κ3) is 20.0. The summed E-state index contributed by atoms with van der Waals surface area (Å²) in [5, 5.41) is 3.50. The second kappa shape index (κ2) is 19.2. The van der Waals surface area contributed by atoms with Gasteiger partial charge in [-0.2, -0.15) is 0 Å². The Morgan fingerprint density at radius 3 is 1.46 bits per heavy atom. The van der Waals surface area contributed by atoms with Gasteiger partial charge in [-0.05, 0) is 31.8 Å². The molecule has 1 atom stereocenters. The summed E-state index contributed by atoms with van der Waals surface area (Å²) in [6.07, 6.45) is 21.1. The van der Waals surface area contributed by atoms with Crippen molar-refractivity contribution in [3.05, 3.63) is 0 Å². The van der Waals surface area contributed by atoms with E-state index in [1.807, 2.05) is 0 Å². The Morgan fingerprint density at radius 1 is 0.583 bits per heavy atom. The molecule has 0 aliphatic carbocycles. The summed E-state index contributed by atoms with van der Waals surface area (Å²) in [4.78, 5) is 0. The van der Waals surface area contributed by atoms with Crippen LogP contribution in [0.2, 0.25) is 0 Å². The van der Waals surface area contributed by atoms with Gasteiger partial charge in [0.05, 0.1) is 0 Å². The maximum Gasteiger partial charge on any atom is 0.00103 e. The van der Waals surface area contributed by atoms with E-state index in [1.165, 1.54) is 103 Å². The van der Waals surface area contributed by atoms with Gasteiger partial charge in [0.15, 0.2) is 0 Å². The van der Waals surface area contributed by atoms with E-state index in [2.05, 4.69) is 26.1 Å². The zero-order valence-corrected chi connectivity index (χ0v) is 17.3. The molecule has 0 heterocycles. The molecule has 0 aromatic rings. The highest BCUT2D eigenvalue weighted by Gasteiger charge is 2.02. The lowest BCUT2D eigenvalue weighted by molar-refractivity contribution is 0.430. The molecule has 0 aliphatic heterocycles. The largest absolute Gasteiger partial charge is 0.330 e. The minimum Gasteiger partial charge on any atom is -0.330 e. The topological polar surface area (TPSA) is 38.0 Å². The molecule has 0 aliphatic rings. The zero-order valence-electron chi connectivity index (χ0n) is 17.3. The third-order valence-electron chi connectivity index (χ3n) is 5.08. The third-order valence-corrected chi connectivity index (χ3v) is 5.08. The molecule has 2 heteroatoms. The highest BCUT2D eigenvalue weighted by molar-refractivity contribution is 4.57. The number of nitrogens with one attached hydrogen (secondary N) is 1. The van der Waals surface area contributed by atoms with Gasteiger partial charge in [-0.1, -0.05) is 104 Å². The summed E-state index contributed by atoms with van der Waals surface area (Å²) in [6, 6.07) is 0.641. The first-order valence-electron chi connectivity index (χ1n) is 11.1. The summed E-state index contributed by atoms with van der Waals surface area (Å²) in [7, 11) is 0. The molecule has 3 N–H and O–H groups in total. The molecular weight excluding hydrogens is 292 g/mol. The van der Waals surface area contributed by atoms with Crippen LogP contribution < -0.4 is 11.1 Å². The van der Waals surface area contributed by atoms with E-state index in [4.69, 9.17) is 5.73 Å². The lowest BCUT2D eigenvalue weighted by atomic mass is 9.96. The van der Waals surface area contributed by atoms with Crippen LogP contribution in [0, 0.1) is 5.92 Å². The average Bonchev–Trinajstić information content (AvgIpc) is 2.55. The fourth-order valence-electron chi connectivity index (χ4n) is 3.38. The van der Waals surface area contributed by atoms with Crippen LogP contribution in [0.4, 0.5) is 0 Å². The molecule has 0 radical (unpaired) electrons. The van der Waals surface area contributed by atoms with E-state index in [0.717, 1.165) is 12.5 Å². The number of rotatable bonds is 19. The number of hydrogen-bond donors (Lipinski definition) is 2. The highest BCUT2D eigenvalue weighted by Crippen LogP contribution is 2.18. The van der Waals surface area contributed by atoms with Gasteiger partial charge in [0.2, 0.25) is 0 Å². The average molecular weight is 341 g/mol. The minimum absolute atomic E-state index is 0.641. The molecule has 1 unspecified atom stereocenters. The first-order chi connectivity index (χ1) is 11.7. The molecule has 0 aromatic carbocycles. The van der Waals surface area contributed by atoms with Crippen LogP contribution in [0.5, 0.6) is 0 Å². The molecule has 0 aromatic heterocycles. The second-order valence-corrected chi connectivity index (χ2v) is 8.18. The van der Waals surface area contributed by atoms with Gasteiger partial charge in [0.1, 0.15) is 0 Å². The van der Waals surface area contributed by atoms with Crippen LogP contribution in [-0.2, 0) is 0 Å². The smallest absolute Gasteiger partial charge is 0.00103 e. The Labute approximate surface area is 153 Å². The monoisotopic (exact) mass is 340 g/mol. The van der Waals surface area contributed by atoms with Crippen LogP contribution in [0.25, 0.3) is 0 Å². The maximum atomic E-state index is 5.52. The Kier molecular flexibility index (Phi) is 19.2. The molecule has 0 saturated carbocycles. The number of unbranched alkanes of at least 4 members (excludes halogenated alkanes) is 11. The molecule has 0 spiro atoms. The molecule has 24 heavy (non-hydrogen) atoms. The van der Waals surface area contributed by atoms with Crippen molar-refractivity contribution < 1.29 is 0 Å². The summed E-state index contributed by atoms with van der Waals surface area (Å²) >= 11 is 0. The van der Waals surface area contributed by atoms with Gasteiger partial charge < -0.3 is 11.1 Å². The van der Waals surface area contributed by atoms with E-state index in [0.29, 0.717) is 6.04 Å². The predicted molar refractivity (Wildman–Crippen MR) is 111 cm³/mol. The minimum atomic E-state index is 0.641. The van der Waals surface area contributed by atoms with Crippen LogP contribution >= 0.6 is 0 Å². The molecule has 0 rings (SSSR count). The van der Waals surface area contributed by atoms with Crippen LogP contribution in [0.15, 0.2) is 0 Å². The Balaban J connectivity index is 3.14. The van der Waals surface area contributed by atoms with Gasteiger partial charge in [-0.3, -0.25) is 0 Å². The van der Waals surface area contributed by atoms with E-state index >= 15 is 0 Å². The van der Waals surface area contributed by atoms with Crippen molar-refractivity contribution in [2.45, 2.75) is 123 Å². The van der Waals surface area contributed by atoms with Gasteiger partial charge in [0, 0.05) is 6.04 Å². The van der Waals surface area contributed by atoms with Crippen LogP contribution in [0.3, 0.4) is 0 Å². The van der Waals surface area contributed by atoms with E-state index in [1.54, 1.807) is 0 Å². The molecule has 2 nitrogen and oxygen atoms in total. The Hall–Kier alpha value is -0.0800. The van der Waals surface area contributed by atoms with Gasteiger partial charge in [-0.25, -0.2) is 0 Å². The summed E-state index contributed by atoms with van der Waals surface area (Å²) in [6.45, 7) is 8.98. The standard InChI is InChI=1S/C22H48N2/c1-21(2)24-20-16-12-8-10-14-18-22(3)17-13-9-6-4-5-7-11-15-19-23/h21-22,24H,4-20,23H2,1-3H3. The van der Waals surface area contributed by atoms with Crippen LogP contribution in [-0.4, -0.2) is 19.1 Å². The number of hydrogen-bond acceptors (Lipinski definition) is 2. The second-order valence-electron chi connectivity index (χ2n) is 8.18. The lowest BCUT2D eigenvalue weighted by Crippen LogP contribution is -2.23. The molecule has 0 saturated heterocycles. The predicted octanol–water partition coefficient (Wildman–Crippen LogP) is 6.43. The zero-order chi connectivity index (χ0) is 17.9. The molecule has 0 amide bonds. The van der Waals surface area contributed by atoms with E-state index in [-0.39, 0.29) is 0 Å². The molecule has 146 valence electrons. The van der Waals surface area contributed by atoms with Crippen molar-refractivity contribution in [2.24, 2.45) is 11.7 Å². The summed E-state index contributed by atoms with van der Waals surface area (Å²) in [5.74, 6) is 0.942. The van der Waals surface area contributed by atoms with E-state index < -0.39 is 0 Å². The van der Waals surface area contributed by atoms with Crippen molar-refractivity contribution in [3.63, 3.8) is 0 Å². The lowest BCUT2D eigenvalue weighted by Gasteiger charge is -2.11. The Bertz CT molecular complexity index is 228. The van der Waals surface area contributed by atoms with Crippen molar-refractivity contribution >= 4 is 0 Å². The first kappa shape index (κ1) is 23.9. The quantitative estimate of drug-likeness (QED) is 0.266. The fourth-order valence-corrected chi connectivity index (χ4v) is 3.38. The normalized spacial score (nSPS) is 12.9.